The van der Waals surface area contributed by atoms with E-state index in [2.05, 4.69) is 9.82 Å². The Labute approximate surface area is 179 Å². The maximum Gasteiger partial charge on any atom is 0.493 e. The summed E-state index contributed by atoms with van der Waals surface area (Å²) in [6.45, 7) is -1.13. The van der Waals surface area contributed by atoms with Crippen LogP contribution in [-0.2, 0) is 14.4 Å². The molecule has 180 valence electrons. The van der Waals surface area contributed by atoms with Crippen molar-refractivity contribution in [2.24, 2.45) is 0 Å². The number of hydroxylamine groups is 2. The maximum atomic E-state index is 13.0. The molecule has 0 aliphatic carbocycles. The van der Waals surface area contributed by atoms with Crippen molar-refractivity contribution in [3.63, 3.8) is 0 Å². The molecule has 1 saturated heterocycles. The highest BCUT2D eigenvalue weighted by Crippen LogP contribution is 3.02. The Bertz CT molecular complexity index is 1110. The predicted octanol–water partition coefficient (Wildman–Crippen LogP) is 5.11. The van der Waals surface area contributed by atoms with Crippen LogP contribution in [0.15, 0.2) is 53.6 Å². The second kappa shape index (κ2) is 7.03. The molecule has 3 amide bonds. The van der Waals surface area contributed by atoms with Gasteiger partial charge in [0, 0.05) is 6.20 Å². The number of rotatable bonds is 5. The van der Waals surface area contributed by atoms with Gasteiger partial charge in [0.1, 0.15) is 17.5 Å². The van der Waals surface area contributed by atoms with Crippen LogP contribution in [0, 0.1) is 0 Å². The van der Waals surface area contributed by atoms with Gasteiger partial charge in [-0.25, -0.2) is 14.5 Å². The summed E-state index contributed by atoms with van der Waals surface area (Å²) in [5.74, 6) is -3.98. The first-order valence-corrected chi connectivity index (χ1v) is 10.5. The summed E-state index contributed by atoms with van der Waals surface area (Å²) in [6, 6.07) is 2.04. The van der Waals surface area contributed by atoms with Crippen molar-refractivity contribution in [3.8, 4) is 0 Å². The van der Waals surface area contributed by atoms with Gasteiger partial charge in [0.05, 0.1) is 5.69 Å². The average molecular weight is 505 g/mol. The Hall–Kier alpha value is -3.43. The number of hydrogen-bond donors (Lipinski definition) is 0. The fraction of sp³-hybridized carbons (Fsp3) is 0.176. The lowest BCUT2D eigenvalue weighted by molar-refractivity contribution is -0.226. The lowest BCUT2D eigenvalue weighted by Crippen LogP contribution is -2.40. The molecule has 1 unspecified atom stereocenters. The smallest absolute Gasteiger partial charge is 0.328 e. The fourth-order valence-corrected chi connectivity index (χ4v) is 3.52. The number of carbonyl (C=O) groups is 3. The fourth-order valence-electron chi connectivity index (χ4n) is 2.87. The van der Waals surface area contributed by atoms with Crippen LogP contribution in [0.1, 0.15) is 17.3 Å². The number of imide groups is 1. The van der Waals surface area contributed by atoms with Gasteiger partial charge in [-0.05, 0) is 29.8 Å². The van der Waals surface area contributed by atoms with Crippen molar-refractivity contribution in [1.82, 2.24) is 14.9 Å². The van der Waals surface area contributed by atoms with E-state index in [0.29, 0.717) is 17.0 Å². The molecule has 0 N–H and O–H groups in total. The molecule has 1 atom stereocenters. The van der Waals surface area contributed by atoms with E-state index in [0.717, 1.165) is 0 Å². The molecular formula is C17H11F8N3O4S. The van der Waals surface area contributed by atoms with Crippen LogP contribution in [0.2, 0.25) is 0 Å². The molecule has 0 spiro atoms. The van der Waals surface area contributed by atoms with E-state index in [9.17, 15) is 47.0 Å². The van der Waals surface area contributed by atoms with Crippen LogP contribution in [0.4, 0.5) is 37.4 Å². The molecule has 1 fully saturated rings. The number of aromatic nitrogens is 1. The molecular weight excluding hydrogens is 494 g/mol. The van der Waals surface area contributed by atoms with Gasteiger partial charge in [0.15, 0.2) is 0 Å². The SMILES string of the molecule is O=C1CN(OC(=O)C(F)(F)F)C(=O)N1C(c1ccc(S(F)(F)(F)(F)F)cc1)c1ccccn1. The molecule has 1 aromatic heterocycles. The van der Waals surface area contributed by atoms with Gasteiger partial charge in [-0.1, -0.05) is 37.6 Å². The zero-order chi connectivity index (χ0) is 24.9. The topological polar surface area (TPSA) is 79.8 Å². The number of urea groups is 1. The van der Waals surface area contributed by atoms with Gasteiger partial charge in [0.25, 0.3) is 5.91 Å². The van der Waals surface area contributed by atoms with Gasteiger partial charge in [-0.3, -0.25) is 9.78 Å². The third-order valence-corrected chi connectivity index (χ3v) is 5.42. The number of halogens is 8. The predicted molar refractivity (Wildman–Crippen MR) is 95.0 cm³/mol. The van der Waals surface area contributed by atoms with Gasteiger partial charge in [-0.15, -0.1) is 5.06 Å². The molecule has 1 aliphatic rings. The van der Waals surface area contributed by atoms with Crippen molar-refractivity contribution in [1.29, 1.82) is 0 Å². The third kappa shape index (κ3) is 5.15. The highest BCUT2D eigenvalue weighted by molar-refractivity contribution is 8.45. The number of nitrogens with zero attached hydrogens (tertiary/aromatic N) is 3. The van der Waals surface area contributed by atoms with E-state index in [4.69, 9.17) is 0 Å². The summed E-state index contributed by atoms with van der Waals surface area (Å²) in [6.07, 6.45) is -4.31. The van der Waals surface area contributed by atoms with Crippen molar-refractivity contribution >= 4 is 28.1 Å². The standard InChI is InChI=1S/C17H11F8N3O4S/c18-17(19,20)15(30)32-27-9-13(29)28(16(27)31)14(12-3-1-2-8-26-12)10-4-6-11(7-5-10)33(21,22,23,24)25/h1-8,14H,9H2. The van der Waals surface area contributed by atoms with Crippen molar-refractivity contribution in [3.05, 3.63) is 59.9 Å². The zero-order valence-corrected chi connectivity index (χ0v) is 16.6. The van der Waals surface area contributed by atoms with E-state index in [1.165, 1.54) is 24.4 Å². The van der Waals surface area contributed by atoms with Crippen LogP contribution < -0.4 is 0 Å². The van der Waals surface area contributed by atoms with E-state index in [-0.39, 0.29) is 28.5 Å². The number of amides is 3. The number of pyridine rings is 1. The monoisotopic (exact) mass is 505 g/mol. The van der Waals surface area contributed by atoms with E-state index >= 15 is 0 Å². The Morgan fingerprint density at radius 1 is 1.00 bits per heavy atom. The van der Waals surface area contributed by atoms with Crippen molar-refractivity contribution < 1.29 is 51.8 Å². The van der Waals surface area contributed by atoms with Crippen molar-refractivity contribution in [2.45, 2.75) is 17.1 Å². The average Bonchev–Trinajstić information content (AvgIpc) is 2.95. The summed E-state index contributed by atoms with van der Waals surface area (Å²) in [5, 5.41) is -0.183. The van der Waals surface area contributed by atoms with E-state index in [1.54, 1.807) is 0 Å². The summed E-state index contributed by atoms with van der Waals surface area (Å²) < 4.78 is 102. The Morgan fingerprint density at radius 3 is 2.09 bits per heavy atom. The second-order valence-corrected chi connectivity index (χ2v) is 9.06. The zero-order valence-electron chi connectivity index (χ0n) is 15.8. The van der Waals surface area contributed by atoms with Crippen LogP contribution in [0.5, 0.6) is 0 Å². The normalized spacial score (nSPS) is 18.1. The minimum Gasteiger partial charge on any atom is -0.328 e. The van der Waals surface area contributed by atoms with Crippen LogP contribution in [0.3, 0.4) is 0 Å². The first-order chi connectivity index (χ1) is 14.9. The largest absolute Gasteiger partial charge is 0.493 e. The molecule has 7 nitrogen and oxygen atoms in total. The molecule has 0 saturated carbocycles. The quantitative estimate of drug-likeness (QED) is 0.417. The number of alkyl halides is 3. The van der Waals surface area contributed by atoms with Crippen molar-refractivity contribution in [2.75, 3.05) is 6.54 Å². The van der Waals surface area contributed by atoms with Crippen LogP contribution in [-0.4, -0.2) is 45.6 Å². The molecule has 2 aromatic rings. The lowest BCUT2D eigenvalue weighted by atomic mass is 10.0. The minimum absolute atomic E-state index is 0.0410. The molecule has 1 aromatic carbocycles. The first-order valence-electron chi connectivity index (χ1n) is 8.56. The first kappa shape index (κ1) is 24.2. The molecule has 2 heterocycles. The molecule has 0 radical (unpaired) electrons. The lowest BCUT2D eigenvalue weighted by Gasteiger charge is -2.40. The Morgan fingerprint density at radius 2 is 1.61 bits per heavy atom. The third-order valence-electron chi connectivity index (χ3n) is 4.26. The highest BCUT2D eigenvalue weighted by atomic mass is 32.5. The Balaban J connectivity index is 2.02. The molecule has 3 rings (SSSR count). The van der Waals surface area contributed by atoms with Gasteiger partial charge >= 0.3 is 28.4 Å². The number of hydrogen-bond acceptors (Lipinski definition) is 5. The number of carbonyl (C=O) groups excluding carboxylic acids is 3. The summed E-state index contributed by atoms with van der Waals surface area (Å²) in [5.41, 5.74) is -0.437. The minimum atomic E-state index is -10.0. The molecule has 0 bridgehead atoms. The van der Waals surface area contributed by atoms with Gasteiger partial charge in [0.2, 0.25) is 0 Å². The van der Waals surface area contributed by atoms with Gasteiger partial charge < -0.3 is 4.84 Å². The summed E-state index contributed by atoms with van der Waals surface area (Å²) in [7, 11) is -10.0. The van der Waals surface area contributed by atoms with E-state index < -0.39 is 51.8 Å². The molecule has 1 aliphatic heterocycles. The molecule has 16 heteroatoms. The van der Waals surface area contributed by atoms with Crippen LogP contribution >= 0.6 is 10.2 Å². The van der Waals surface area contributed by atoms with E-state index in [1.807, 2.05) is 0 Å². The highest BCUT2D eigenvalue weighted by Gasteiger charge is 2.65. The summed E-state index contributed by atoms with van der Waals surface area (Å²) in [4.78, 5) is 41.8. The van der Waals surface area contributed by atoms with Crippen LogP contribution in [0.25, 0.3) is 0 Å². The Kier molecular flexibility index (Phi) is 5.16. The maximum absolute atomic E-state index is 13.0. The number of benzene rings is 1. The molecule has 33 heavy (non-hydrogen) atoms. The van der Waals surface area contributed by atoms with Gasteiger partial charge in [-0.2, -0.15) is 13.2 Å². The second-order valence-electron chi connectivity index (χ2n) is 6.65. The summed E-state index contributed by atoms with van der Waals surface area (Å²) >= 11 is 0.